The second kappa shape index (κ2) is 14.6. The van der Waals surface area contributed by atoms with Gasteiger partial charge in [-0.15, -0.1) is 0 Å². The smallest absolute Gasteiger partial charge is 0.255 e. The van der Waals surface area contributed by atoms with Crippen LogP contribution in [0.25, 0.3) is 0 Å². The van der Waals surface area contributed by atoms with Gasteiger partial charge >= 0.3 is 0 Å². The summed E-state index contributed by atoms with van der Waals surface area (Å²) in [5.74, 6) is 1.18. The lowest BCUT2D eigenvalue weighted by Crippen LogP contribution is -2.34. The van der Waals surface area contributed by atoms with E-state index in [1.54, 1.807) is 6.07 Å². The number of benzene rings is 2. The van der Waals surface area contributed by atoms with Gasteiger partial charge in [0.1, 0.15) is 18.1 Å². The lowest BCUT2D eigenvalue weighted by atomic mass is 10.1. The molecule has 0 aliphatic carbocycles. The van der Waals surface area contributed by atoms with Crippen LogP contribution in [-0.2, 0) is 0 Å². The number of hydrogen-bond donors (Lipinski definition) is 3. The van der Waals surface area contributed by atoms with Crippen molar-refractivity contribution < 1.29 is 14.3 Å². The summed E-state index contributed by atoms with van der Waals surface area (Å²) in [4.78, 5) is 14.4. The lowest BCUT2D eigenvalue weighted by molar-refractivity contribution is 0.0946. The molecule has 0 aromatic heterocycles. The molecule has 0 fully saturated rings. The number of ether oxygens (including phenoxy) is 2. The molecule has 1 unspecified atom stereocenters. The number of nitrogens with two attached hydrogens (primary N) is 2. The average molecular weight is 479 g/mol. The van der Waals surface area contributed by atoms with Gasteiger partial charge < -0.3 is 31.2 Å². The normalized spacial score (nSPS) is 11.4. The van der Waals surface area contributed by atoms with E-state index in [1.165, 1.54) is 24.3 Å². The minimum atomic E-state index is -0.212. The maximum Gasteiger partial charge on any atom is 0.255 e. The van der Waals surface area contributed by atoms with Crippen LogP contribution in [0.2, 0.25) is 5.02 Å². The number of amides is 1. The van der Waals surface area contributed by atoms with Crippen LogP contribution in [-0.4, -0.2) is 56.7 Å². The van der Waals surface area contributed by atoms with Gasteiger partial charge in [-0.05, 0) is 51.1 Å². The van der Waals surface area contributed by atoms with Gasteiger partial charge in [-0.2, -0.15) is 0 Å². The number of nitrogen functional groups attached to an aromatic ring is 1. The molecule has 1 atom stereocenters. The second-order valence-corrected chi connectivity index (χ2v) is 8.27. The predicted octanol–water partition coefficient (Wildman–Crippen LogP) is 4.03. The van der Waals surface area contributed by atoms with Gasteiger partial charge in [0.15, 0.2) is 0 Å². The van der Waals surface area contributed by atoms with Gasteiger partial charge in [-0.25, -0.2) is 0 Å². The Morgan fingerprint density at radius 2 is 1.79 bits per heavy atom. The van der Waals surface area contributed by atoms with Crippen molar-refractivity contribution in [3.63, 3.8) is 0 Å². The van der Waals surface area contributed by atoms with E-state index >= 15 is 0 Å². The van der Waals surface area contributed by atoms with Crippen LogP contribution >= 0.6 is 11.6 Å². The molecule has 0 aliphatic rings. The standard InChI is InChI=1S/C14H22ClN3O2.C11H17NO/c1-4-18(5-2)7-6-17-14(19)10-8-11(15)12(16)9-13(10)20-3;1-8-5-4-6-9(2)11(8)13-7-10(3)12/h8-9H,4-7,16H2,1-3H3,(H,17,19);4-6,10H,7,12H2,1-3H3. The number of aryl methyl sites for hydroxylation is 2. The number of rotatable bonds is 10. The van der Waals surface area contributed by atoms with Gasteiger partial charge in [0.05, 0.1) is 23.4 Å². The molecule has 0 aliphatic heterocycles. The zero-order chi connectivity index (χ0) is 25.0. The van der Waals surface area contributed by atoms with Crippen LogP contribution in [0.4, 0.5) is 5.69 Å². The molecule has 0 saturated heterocycles. The highest BCUT2D eigenvalue weighted by Gasteiger charge is 2.15. The third-order valence-electron chi connectivity index (χ3n) is 5.07. The number of carbonyl (C=O) groups is 1. The number of anilines is 1. The summed E-state index contributed by atoms with van der Waals surface area (Å²) in [6, 6.07) is 9.29. The van der Waals surface area contributed by atoms with Crippen LogP contribution in [0.3, 0.4) is 0 Å². The van der Waals surface area contributed by atoms with E-state index in [4.69, 9.17) is 32.5 Å². The van der Waals surface area contributed by atoms with Gasteiger partial charge in [0.2, 0.25) is 0 Å². The zero-order valence-corrected chi connectivity index (χ0v) is 21.5. The van der Waals surface area contributed by atoms with Crippen LogP contribution in [0.15, 0.2) is 30.3 Å². The molecular weight excluding hydrogens is 440 g/mol. The van der Waals surface area contributed by atoms with E-state index in [1.807, 2.05) is 39.0 Å². The first-order valence-corrected chi connectivity index (χ1v) is 11.6. The average Bonchev–Trinajstić information content (AvgIpc) is 2.78. The van der Waals surface area contributed by atoms with E-state index in [2.05, 4.69) is 24.1 Å². The molecule has 5 N–H and O–H groups in total. The van der Waals surface area contributed by atoms with Crippen molar-refractivity contribution in [3.05, 3.63) is 52.0 Å². The van der Waals surface area contributed by atoms with Gasteiger partial charge in [-0.3, -0.25) is 4.79 Å². The third-order valence-corrected chi connectivity index (χ3v) is 5.40. The van der Waals surface area contributed by atoms with Crippen LogP contribution in [0.5, 0.6) is 11.5 Å². The third kappa shape index (κ3) is 9.50. The fraction of sp³-hybridized carbons (Fsp3) is 0.480. The number of nitrogens with one attached hydrogen (secondary N) is 1. The first-order chi connectivity index (χ1) is 15.6. The maximum absolute atomic E-state index is 12.1. The molecule has 7 nitrogen and oxygen atoms in total. The first kappa shape index (κ1) is 28.6. The lowest BCUT2D eigenvalue weighted by Gasteiger charge is -2.18. The second-order valence-electron chi connectivity index (χ2n) is 7.87. The maximum atomic E-state index is 12.1. The summed E-state index contributed by atoms with van der Waals surface area (Å²) in [7, 11) is 1.50. The Morgan fingerprint density at radius 3 is 2.30 bits per heavy atom. The van der Waals surface area contributed by atoms with Crippen molar-refractivity contribution in [2.75, 3.05) is 45.6 Å². The van der Waals surface area contributed by atoms with Crippen molar-refractivity contribution in [3.8, 4) is 11.5 Å². The van der Waals surface area contributed by atoms with E-state index in [9.17, 15) is 4.79 Å². The predicted molar refractivity (Wildman–Crippen MR) is 138 cm³/mol. The Balaban J connectivity index is 0.000000361. The van der Waals surface area contributed by atoms with E-state index in [0.29, 0.717) is 35.2 Å². The topological polar surface area (TPSA) is 103 Å². The minimum Gasteiger partial charge on any atom is -0.496 e. The summed E-state index contributed by atoms with van der Waals surface area (Å²) in [5, 5.41) is 3.21. The number of carbonyl (C=O) groups excluding carboxylic acids is 1. The van der Waals surface area contributed by atoms with Gasteiger partial charge in [-0.1, -0.05) is 43.6 Å². The molecule has 0 radical (unpaired) electrons. The van der Waals surface area contributed by atoms with E-state index in [0.717, 1.165) is 25.4 Å². The van der Waals surface area contributed by atoms with Crippen molar-refractivity contribution in [2.45, 2.75) is 40.7 Å². The number of nitrogens with zero attached hydrogens (tertiary/aromatic N) is 1. The van der Waals surface area contributed by atoms with E-state index < -0.39 is 0 Å². The molecule has 0 saturated carbocycles. The molecule has 33 heavy (non-hydrogen) atoms. The monoisotopic (exact) mass is 478 g/mol. The molecule has 184 valence electrons. The highest BCUT2D eigenvalue weighted by molar-refractivity contribution is 6.33. The number of methoxy groups -OCH3 is 1. The molecular formula is C25H39ClN4O3. The molecule has 8 heteroatoms. The zero-order valence-electron chi connectivity index (χ0n) is 20.7. The fourth-order valence-corrected chi connectivity index (χ4v) is 3.28. The van der Waals surface area contributed by atoms with Crippen LogP contribution < -0.4 is 26.3 Å². The molecule has 2 aromatic rings. The molecule has 2 rings (SSSR count). The Hall–Kier alpha value is -2.48. The summed E-state index contributed by atoms with van der Waals surface area (Å²) in [5.41, 5.74) is 14.4. The summed E-state index contributed by atoms with van der Waals surface area (Å²) >= 11 is 5.95. The van der Waals surface area contributed by atoms with Gasteiger partial charge in [0, 0.05) is 25.2 Å². The number of halogens is 1. The fourth-order valence-electron chi connectivity index (χ4n) is 3.12. The number of para-hydroxylation sites is 1. The van der Waals surface area contributed by atoms with Crippen molar-refractivity contribution in [2.24, 2.45) is 5.73 Å². The SMILES string of the molecule is CCN(CC)CCNC(=O)c1cc(Cl)c(N)cc1OC.Cc1cccc(C)c1OCC(C)N. The van der Waals surface area contributed by atoms with Crippen LogP contribution in [0.1, 0.15) is 42.3 Å². The van der Waals surface area contributed by atoms with Crippen LogP contribution in [0, 0.1) is 13.8 Å². The first-order valence-electron chi connectivity index (χ1n) is 11.2. The molecule has 0 spiro atoms. The van der Waals surface area contributed by atoms with Crippen molar-refractivity contribution in [1.82, 2.24) is 10.2 Å². The summed E-state index contributed by atoms with van der Waals surface area (Å²) in [6.45, 7) is 14.1. The summed E-state index contributed by atoms with van der Waals surface area (Å²) in [6.07, 6.45) is 0. The van der Waals surface area contributed by atoms with Gasteiger partial charge in [0.25, 0.3) is 5.91 Å². The summed E-state index contributed by atoms with van der Waals surface area (Å²) < 4.78 is 10.8. The molecule has 1 amide bonds. The Morgan fingerprint density at radius 1 is 1.18 bits per heavy atom. The highest BCUT2D eigenvalue weighted by atomic mass is 35.5. The Labute approximate surface area is 203 Å². The quantitative estimate of drug-likeness (QED) is 0.445. The number of hydrogen-bond acceptors (Lipinski definition) is 6. The minimum absolute atomic E-state index is 0.0824. The Kier molecular flexibility index (Phi) is 12.7. The molecule has 2 aromatic carbocycles. The van der Waals surface area contributed by atoms with Crippen molar-refractivity contribution in [1.29, 1.82) is 0 Å². The number of likely N-dealkylation sites (N-methyl/N-ethyl adjacent to an activating group) is 1. The highest BCUT2D eigenvalue weighted by Crippen LogP contribution is 2.28. The molecule has 0 bridgehead atoms. The molecule has 0 heterocycles. The largest absolute Gasteiger partial charge is 0.496 e. The Bertz CT molecular complexity index is 866. The van der Waals surface area contributed by atoms with E-state index in [-0.39, 0.29) is 11.9 Å². The van der Waals surface area contributed by atoms with Crippen molar-refractivity contribution >= 4 is 23.2 Å².